The molecule has 1 N–H and O–H groups in total. The Hall–Kier alpha value is -4.35. The molecule has 3 unspecified atom stereocenters. The van der Waals surface area contributed by atoms with E-state index in [0.717, 1.165) is 29.0 Å². The van der Waals surface area contributed by atoms with E-state index in [2.05, 4.69) is 34.7 Å². The summed E-state index contributed by atoms with van der Waals surface area (Å²) in [6.45, 7) is 4.55. The van der Waals surface area contributed by atoms with Crippen molar-refractivity contribution in [2.75, 3.05) is 14.2 Å². The highest BCUT2D eigenvalue weighted by Crippen LogP contribution is 2.63. The van der Waals surface area contributed by atoms with Crippen molar-refractivity contribution in [2.45, 2.75) is 44.9 Å². The molecule has 0 radical (unpaired) electrons. The zero-order valence-electron chi connectivity index (χ0n) is 22.4. The lowest BCUT2D eigenvalue weighted by Gasteiger charge is -2.19. The molecule has 39 heavy (non-hydrogen) atoms. The summed E-state index contributed by atoms with van der Waals surface area (Å²) in [4.78, 5) is 4.73. The van der Waals surface area contributed by atoms with Gasteiger partial charge in [0.05, 0.1) is 25.9 Å². The molecule has 0 amide bonds. The summed E-state index contributed by atoms with van der Waals surface area (Å²) in [5.41, 5.74) is 5.80. The van der Waals surface area contributed by atoms with Crippen LogP contribution in [0.15, 0.2) is 59.1 Å². The molecule has 2 aliphatic carbocycles. The van der Waals surface area contributed by atoms with Crippen LogP contribution >= 0.6 is 0 Å². The van der Waals surface area contributed by atoms with Crippen LogP contribution in [0.3, 0.4) is 0 Å². The van der Waals surface area contributed by atoms with E-state index in [1.165, 1.54) is 11.1 Å². The first kappa shape index (κ1) is 25.0. The Kier molecular flexibility index (Phi) is 6.45. The third-order valence-electron chi connectivity index (χ3n) is 7.50. The molecule has 1 aromatic heterocycles. The molecule has 0 aliphatic heterocycles. The van der Waals surface area contributed by atoms with Crippen LogP contribution in [-0.2, 0) is 6.54 Å². The van der Waals surface area contributed by atoms with E-state index in [4.69, 9.17) is 23.7 Å². The van der Waals surface area contributed by atoms with Crippen LogP contribution in [0, 0.1) is 17.2 Å². The number of rotatable bonds is 9. The number of methoxy groups -OCH3 is 2. The largest absolute Gasteiger partial charge is 0.497 e. The van der Waals surface area contributed by atoms with Crippen molar-refractivity contribution in [3.05, 3.63) is 76.9 Å². The zero-order chi connectivity index (χ0) is 27.1. The van der Waals surface area contributed by atoms with Gasteiger partial charge >= 0.3 is 0 Å². The van der Waals surface area contributed by atoms with Crippen molar-refractivity contribution >= 4 is 0 Å². The lowest BCUT2D eigenvalue weighted by atomic mass is 9.97. The molecule has 1 saturated carbocycles. The zero-order valence-corrected chi connectivity index (χ0v) is 22.4. The van der Waals surface area contributed by atoms with E-state index in [9.17, 15) is 5.26 Å². The average Bonchev–Trinajstić information content (AvgIpc) is 3.45. The van der Waals surface area contributed by atoms with Crippen LogP contribution in [0.4, 0.5) is 0 Å². The summed E-state index contributed by atoms with van der Waals surface area (Å²) in [6, 6.07) is 20.0. The minimum absolute atomic E-state index is 0.0269. The highest BCUT2D eigenvalue weighted by Gasteiger charge is 2.53. The molecule has 3 aromatic carbocycles. The first-order valence-electron chi connectivity index (χ1n) is 13.1. The molecule has 0 saturated heterocycles. The quantitative estimate of drug-likeness (QED) is 0.284. The van der Waals surface area contributed by atoms with Gasteiger partial charge < -0.3 is 24.1 Å². The van der Waals surface area contributed by atoms with Crippen LogP contribution in [-0.4, -0.2) is 30.5 Å². The molecule has 0 bridgehead atoms. The van der Waals surface area contributed by atoms with Gasteiger partial charge in [-0.3, -0.25) is 0 Å². The topological polar surface area (TPSA) is 102 Å². The summed E-state index contributed by atoms with van der Waals surface area (Å²) in [5, 5.41) is 17.7. The number of hydrogen-bond acceptors (Lipinski definition) is 8. The van der Waals surface area contributed by atoms with E-state index in [1.54, 1.807) is 26.4 Å². The molecule has 3 atom stereocenters. The van der Waals surface area contributed by atoms with Crippen molar-refractivity contribution in [1.29, 1.82) is 5.26 Å². The molecule has 4 aromatic rings. The molecule has 0 spiro atoms. The van der Waals surface area contributed by atoms with Gasteiger partial charge in [0, 0.05) is 35.3 Å². The van der Waals surface area contributed by atoms with Crippen molar-refractivity contribution in [3.8, 4) is 46.2 Å². The molecule has 6 rings (SSSR count). The van der Waals surface area contributed by atoms with Crippen LogP contribution in [0.1, 0.15) is 54.5 Å². The van der Waals surface area contributed by atoms with Crippen LogP contribution < -0.4 is 19.5 Å². The van der Waals surface area contributed by atoms with Gasteiger partial charge in [-0.2, -0.15) is 10.2 Å². The second-order valence-corrected chi connectivity index (χ2v) is 10.3. The van der Waals surface area contributed by atoms with Crippen LogP contribution in [0.25, 0.3) is 22.8 Å². The van der Waals surface area contributed by atoms with Gasteiger partial charge in [0.15, 0.2) is 0 Å². The second-order valence-electron chi connectivity index (χ2n) is 10.3. The number of nitrogens with one attached hydrogen (secondary N) is 1. The molecule has 1 fully saturated rings. The van der Waals surface area contributed by atoms with E-state index >= 15 is 0 Å². The Morgan fingerprint density at radius 1 is 1.08 bits per heavy atom. The van der Waals surface area contributed by atoms with Crippen molar-refractivity contribution < 1.29 is 18.7 Å². The molecular formula is C31H30N4O4. The number of hydrogen-bond donors (Lipinski definition) is 1. The third kappa shape index (κ3) is 4.59. The molecule has 1 heterocycles. The fourth-order valence-electron chi connectivity index (χ4n) is 5.65. The average molecular weight is 523 g/mol. The summed E-state index contributed by atoms with van der Waals surface area (Å²) < 4.78 is 22.3. The van der Waals surface area contributed by atoms with E-state index in [0.29, 0.717) is 47.0 Å². The molecule has 2 aliphatic rings. The van der Waals surface area contributed by atoms with Gasteiger partial charge in [0.25, 0.3) is 5.89 Å². The van der Waals surface area contributed by atoms with E-state index in [-0.39, 0.29) is 12.1 Å². The maximum Gasteiger partial charge on any atom is 0.258 e. The second kappa shape index (κ2) is 10.1. The Balaban J connectivity index is 1.25. The Bertz CT molecular complexity index is 1570. The minimum Gasteiger partial charge on any atom is -0.497 e. The van der Waals surface area contributed by atoms with Gasteiger partial charge in [0.2, 0.25) is 5.82 Å². The highest BCUT2D eigenvalue weighted by atomic mass is 16.5. The normalized spacial score (nSPS) is 18.8. The van der Waals surface area contributed by atoms with Crippen molar-refractivity contribution in [2.24, 2.45) is 5.92 Å². The monoisotopic (exact) mass is 522 g/mol. The molecule has 8 nitrogen and oxygen atoms in total. The number of ether oxygens (including phenoxy) is 3. The van der Waals surface area contributed by atoms with Crippen molar-refractivity contribution in [3.63, 3.8) is 0 Å². The van der Waals surface area contributed by atoms with E-state index < -0.39 is 0 Å². The van der Waals surface area contributed by atoms with Gasteiger partial charge in [0.1, 0.15) is 23.3 Å². The summed E-state index contributed by atoms with van der Waals surface area (Å²) in [5.74, 6) is 4.09. The number of benzene rings is 3. The lowest BCUT2D eigenvalue weighted by Crippen LogP contribution is -2.21. The summed E-state index contributed by atoms with van der Waals surface area (Å²) in [7, 11) is 3.34. The minimum atomic E-state index is -0.0269. The predicted octanol–water partition coefficient (Wildman–Crippen LogP) is 6.03. The maximum atomic E-state index is 9.60. The summed E-state index contributed by atoms with van der Waals surface area (Å²) >= 11 is 0. The van der Waals surface area contributed by atoms with Gasteiger partial charge in [-0.05, 0) is 67.5 Å². The third-order valence-corrected chi connectivity index (χ3v) is 7.50. The van der Waals surface area contributed by atoms with Gasteiger partial charge in [-0.25, -0.2) is 0 Å². The molecular weight excluding hydrogens is 492 g/mol. The Labute approximate surface area is 227 Å². The standard InChI is InChI=1S/C31H30N4O4/c1-17(2)38-26-11-9-18(12-20(26)15-32)31-34-30(35-39-31)23-7-5-6-22-28(23)24-14-25(24)29(22)33-16-19-8-10-21(36-3)13-27(19)37-4/h5-13,17,24-25,29,33H,14,16H2,1-4H3. The molecule has 198 valence electrons. The lowest BCUT2D eigenvalue weighted by molar-refractivity contribution is 0.241. The number of fused-ring (bicyclic) bond motifs is 3. The molecule has 8 heteroatoms. The van der Waals surface area contributed by atoms with Crippen molar-refractivity contribution in [1.82, 2.24) is 15.5 Å². The van der Waals surface area contributed by atoms with Gasteiger partial charge in [-0.15, -0.1) is 0 Å². The number of nitriles is 1. The SMILES string of the molecule is COc1ccc(CNC2c3cccc(-c4noc(-c5ccc(OC(C)C)c(C#N)c5)n4)c3C3CC32)c(OC)c1. The predicted molar refractivity (Wildman–Crippen MR) is 146 cm³/mol. The summed E-state index contributed by atoms with van der Waals surface area (Å²) in [6.07, 6.45) is 1.11. The first-order chi connectivity index (χ1) is 19.0. The maximum absolute atomic E-state index is 9.60. The Morgan fingerprint density at radius 3 is 2.72 bits per heavy atom. The van der Waals surface area contributed by atoms with Gasteiger partial charge in [-0.1, -0.05) is 29.4 Å². The highest BCUT2D eigenvalue weighted by molar-refractivity contribution is 5.69. The van der Waals surface area contributed by atoms with Crippen LogP contribution in [0.2, 0.25) is 0 Å². The fourth-order valence-corrected chi connectivity index (χ4v) is 5.65. The number of nitrogens with zero attached hydrogens (tertiary/aromatic N) is 3. The van der Waals surface area contributed by atoms with E-state index in [1.807, 2.05) is 38.1 Å². The smallest absolute Gasteiger partial charge is 0.258 e. The Morgan fingerprint density at radius 2 is 1.95 bits per heavy atom. The number of aromatic nitrogens is 2. The fraction of sp³-hybridized carbons (Fsp3) is 0.323. The first-order valence-corrected chi connectivity index (χ1v) is 13.1. The van der Waals surface area contributed by atoms with Crippen LogP contribution in [0.5, 0.6) is 17.2 Å².